The Bertz CT molecular complexity index is 630. The summed E-state index contributed by atoms with van der Waals surface area (Å²) in [5.74, 6) is -1.15. The van der Waals surface area contributed by atoms with Crippen molar-refractivity contribution in [3.63, 3.8) is 0 Å². The lowest BCUT2D eigenvalue weighted by Crippen LogP contribution is -2.41. The fourth-order valence-corrected chi connectivity index (χ4v) is 3.61. The molecule has 0 aromatic heterocycles. The molecule has 1 saturated heterocycles. The fraction of sp³-hybridized carbons (Fsp3) is 0.529. The fourth-order valence-electron chi connectivity index (χ4n) is 3.13. The van der Waals surface area contributed by atoms with E-state index in [4.69, 9.17) is 5.11 Å². The Hall–Kier alpha value is -1.63. The number of urea groups is 1. The van der Waals surface area contributed by atoms with Crippen molar-refractivity contribution in [1.82, 2.24) is 10.2 Å². The summed E-state index contributed by atoms with van der Waals surface area (Å²) in [5.41, 5.74) is 0.733. The average molecular weight is 399 g/mol. The van der Waals surface area contributed by atoms with Crippen molar-refractivity contribution in [2.24, 2.45) is 11.8 Å². The van der Waals surface area contributed by atoms with E-state index in [1.165, 1.54) is 17.0 Å². The van der Waals surface area contributed by atoms with Crippen LogP contribution in [0.1, 0.15) is 37.3 Å². The Kier molecular flexibility index (Phi) is 5.08. The van der Waals surface area contributed by atoms with E-state index >= 15 is 0 Å². The number of carboxylic acids is 1. The van der Waals surface area contributed by atoms with Crippen LogP contribution in [0.15, 0.2) is 22.7 Å². The van der Waals surface area contributed by atoms with Gasteiger partial charge in [0, 0.05) is 17.6 Å². The molecule has 1 heterocycles. The summed E-state index contributed by atoms with van der Waals surface area (Å²) in [6, 6.07) is 4.12. The number of hydrogen-bond acceptors (Lipinski definition) is 2. The number of hydrogen-bond donors (Lipinski definition) is 2. The van der Waals surface area contributed by atoms with Crippen molar-refractivity contribution in [2.45, 2.75) is 31.7 Å². The summed E-state index contributed by atoms with van der Waals surface area (Å²) in [6.07, 6.45) is 3.51. The number of rotatable bonds is 5. The number of carbonyl (C=O) groups excluding carboxylic acids is 1. The number of nitrogens with one attached hydrogen (secondary N) is 1. The van der Waals surface area contributed by atoms with Crippen molar-refractivity contribution in [1.29, 1.82) is 0 Å². The number of carboxylic acid groups (broad SMARTS) is 1. The SMILES string of the molecule is O=C(O)C1CCN(C(=O)NC(CC2CC2)c2cc(F)cc(Br)c2)C1. The van der Waals surface area contributed by atoms with Gasteiger partial charge in [0.15, 0.2) is 0 Å². The van der Waals surface area contributed by atoms with Crippen molar-refractivity contribution in [3.05, 3.63) is 34.1 Å². The molecule has 24 heavy (non-hydrogen) atoms. The third-order valence-corrected chi connectivity index (χ3v) is 5.13. The van der Waals surface area contributed by atoms with E-state index in [1.54, 1.807) is 0 Å². The first kappa shape index (κ1) is 17.2. The molecular formula is C17H20BrFN2O3. The topological polar surface area (TPSA) is 69.6 Å². The van der Waals surface area contributed by atoms with E-state index in [9.17, 15) is 14.0 Å². The maximum absolute atomic E-state index is 13.7. The third kappa shape index (κ3) is 4.26. The molecule has 2 N–H and O–H groups in total. The van der Waals surface area contributed by atoms with Crippen LogP contribution in [0, 0.1) is 17.7 Å². The molecule has 2 aliphatic rings. The van der Waals surface area contributed by atoms with Gasteiger partial charge in [0.2, 0.25) is 0 Å². The van der Waals surface area contributed by atoms with E-state index < -0.39 is 11.9 Å². The van der Waals surface area contributed by atoms with Crippen LogP contribution in [-0.4, -0.2) is 35.1 Å². The smallest absolute Gasteiger partial charge is 0.317 e. The molecule has 1 aliphatic heterocycles. The molecular weight excluding hydrogens is 379 g/mol. The van der Waals surface area contributed by atoms with Crippen LogP contribution in [-0.2, 0) is 4.79 Å². The van der Waals surface area contributed by atoms with Crippen LogP contribution < -0.4 is 5.32 Å². The molecule has 0 bridgehead atoms. The Morgan fingerprint density at radius 1 is 1.33 bits per heavy atom. The predicted molar refractivity (Wildman–Crippen MR) is 90.0 cm³/mol. The van der Waals surface area contributed by atoms with Crippen LogP contribution in [0.2, 0.25) is 0 Å². The minimum absolute atomic E-state index is 0.226. The molecule has 7 heteroatoms. The third-order valence-electron chi connectivity index (χ3n) is 4.68. The predicted octanol–water partition coefficient (Wildman–Crippen LogP) is 3.55. The van der Waals surface area contributed by atoms with Gasteiger partial charge in [-0.25, -0.2) is 9.18 Å². The highest BCUT2D eigenvalue weighted by atomic mass is 79.9. The van der Waals surface area contributed by atoms with Crippen molar-refractivity contribution >= 4 is 27.9 Å². The number of carbonyl (C=O) groups is 2. The van der Waals surface area contributed by atoms with Gasteiger partial charge >= 0.3 is 12.0 Å². The van der Waals surface area contributed by atoms with Crippen LogP contribution in [0.3, 0.4) is 0 Å². The molecule has 0 spiro atoms. The molecule has 1 aromatic rings. The highest BCUT2D eigenvalue weighted by molar-refractivity contribution is 9.10. The van der Waals surface area contributed by atoms with Crippen LogP contribution in [0.5, 0.6) is 0 Å². The lowest BCUT2D eigenvalue weighted by Gasteiger charge is -2.24. The molecule has 1 aliphatic carbocycles. The summed E-state index contributed by atoms with van der Waals surface area (Å²) in [4.78, 5) is 25.1. The number of likely N-dealkylation sites (tertiary alicyclic amines) is 1. The molecule has 2 unspecified atom stereocenters. The highest BCUT2D eigenvalue weighted by Crippen LogP contribution is 2.38. The first-order valence-electron chi connectivity index (χ1n) is 8.16. The number of aliphatic carboxylic acids is 1. The van der Waals surface area contributed by atoms with Crippen LogP contribution in [0.25, 0.3) is 0 Å². The minimum Gasteiger partial charge on any atom is -0.481 e. The first-order chi connectivity index (χ1) is 11.4. The molecule has 0 radical (unpaired) electrons. The van der Waals surface area contributed by atoms with Gasteiger partial charge in [-0.05, 0) is 42.5 Å². The largest absolute Gasteiger partial charge is 0.481 e. The summed E-state index contributed by atoms with van der Waals surface area (Å²) in [7, 11) is 0. The van der Waals surface area contributed by atoms with Crippen molar-refractivity contribution in [3.8, 4) is 0 Å². The lowest BCUT2D eigenvalue weighted by molar-refractivity contribution is -0.141. The summed E-state index contributed by atoms with van der Waals surface area (Å²) in [6.45, 7) is 0.663. The van der Waals surface area contributed by atoms with Crippen LogP contribution in [0.4, 0.5) is 9.18 Å². The van der Waals surface area contributed by atoms with Gasteiger partial charge in [0.05, 0.1) is 12.0 Å². The first-order valence-corrected chi connectivity index (χ1v) is 8.96. The Labute approximate surface area is 148 Å². The number of amides is 2. The second-order valence-electron chi connectivity index (χ2n) is 6.65. The Balaban J connectivity index is 1.70. The van der Waals surface area contributed by atoms with Gasteiger partial charge in [-0.3, -0.25) is 4.79 Å². The Morgan fingerprint density at radius 2 is 2.08 bits per heavy atom. The second kappa shape index (κ2) is 7.09. The Morgan fingerprint density at radius 3 is 2.67 bits per heavy atom. The average Bonchev–Trinajstić information content (AvgIpc) is 3.17. The molecule has 2 amide bonds. The zero-order valence-electron chi connectivity index (χ0n) is 13.2. The molecule has 130 valence electrons. The van der Waals surface area contributed by atoms with Gasteiger partial charge < -0.3 is 15.3 Å². The van der Waals surface area contributed by atoms with Gasteiger partial charge in [-0.2, -0.15) is 0 Å². The quantitative estimate of drug-likeness (QED) is 0.796. The standard InChI is InChI=1S/C17H20BrFN2O3/c18-13-6-12(7-14(19)8-13)15(5-10-1-2-10)20-17(24)21-4-3-11(9-21)16(22)23/h6-8,10-11,15H,1-5,9H2,(H,20,24)(H,22,23). The molecule has 2 atom stereocenters. The number of benzene rings is 1. The van der Waals surface area contributed by atoms with Gasteiger partial charge in [0.1, 0.15) is 5.82 Å². The van der Waals surface area contributed by atoms with E-state index in [0.29, 0.717) is 23.4 Å². The van der Waals surface area contributed by atoms with Crippen molar-refractivity contribution in [2.75, 3.05) is 13.1 Å². The van der Waals surface area contributed by atoms with E-state index in [2.05, 4.69) is 21.2 Å². The molecule has 1 aromatic carbocycles. The van der Waals surface area contributed by atoms with Gasteiger partial charge in [-0.1, -0.05) is 28.8 Å². The number of nitrogens with zero attached hydrogens (tertiary/aromatic N) is 1. The zero-order chi connectivity index (χ0) is 17.3. The minimum atomic E-state index is -0.867. The second-order valence-corrected chi connectivity index (χ2v) is 7.57. The highest BCUT2D eigenvalue weighted by Gasteiger charge is 2.33. The molecule has 2 fully saturated rings. The summed E-state index contributed by atoms with van der Waals surface area (Å²) >= 11 is 3.29. The van der Waals surface area contributed by atoms with E-state index in [-0.39, 0.29) is 24.4 Å². The molecule has 1 saturated carbocycles. The molecule has 5 nitrogen and oxygen atoms in total. The van der Waals surface area contributed by atoms with Gasteiger partial charge in [-0.15, -0.1) is 0 Å². The van der Waals surface area contributed by atoms with E-state index in [0.717, 1.165) is 24.8 Å². The van der Waals surface area contributed by atoms with Gasteiger partial charge in [0.25, 0.3) is 0 Å². The lowest BCUT2D eigenvalue weighted by atomic mass is 10.0. The monoisotopic (exact) mass is 398 g/mol. The van der Waals surface area contributed by atoms with Crippen molar-refractivity contribution < 1.29 is 19.1 Å². The summed E-state index contributed by atoms with van der Waals surface area (Å²) in [5, 5.41) is 12.0. The zero-order valence-corrected chi connectivity index (χ0v) is 14.8. The van der Waals surface area contributed by atoms with Crippen LogP contribution >= 0.6 is 15.9 Å². The van der Waals surface area contributed by atoms with E-state index in [1.807, 2.05) is 6.07 Å². The molecule has 3 rings (SSSR count). The normalized spacial score (nSPS) is 21.6. The maximum atomic E-state index is 13.7. The summed E-state index contributed by atoms with van der Waals surface area (Å²) < 4.78 is 14.3. The number of halogens is 2. The maximum Gasteiger partial charge on any atom is 0.317 e.